The molecule has 0 atom stereocenters. The van der Waals surface area contributed by atoms with Crippen LogP contribution in [0.25, 0.3) is 17.2 Å². The third-order valence-corrected chi connectivity index (χ3v) is 8.19. The van der Waals surface area contributed by atoms with Crippen molar-refractivity contribution in [1.29, 1.82) is 0 Å². The fourth-order valence-electron chi connectivity index (χ4n) is 3.28. The number of nitrogens with one attached hydrogen (secondary N) is 1. The predicted octanol–water partition coefficient (Wildman–Crippen LogP) is 6.23. The van der Waals surface area contributed by atoms with Crippen molar-refractivity contribution in [2.45, 2.75) is 18.8 Å². The number of thiophene rings is 1. The van der Waals surface area contributed by atoms with Crippen LogP contribution in [0.3, 0.4) is 0 Å². The smallest absolute Gasteiger partial charge is 0.416 e. The quantitative estimate of drug-likeness (QED) is 0.178. The molecule has 0 unspecified atom stereocenters. The molecule has 3 aromatic rings. The number of amides is 2. The first-order valence-corrected chi connectivity index (χ1v) is 13.5. The van der Waals surface area contributed by atoms with Gasteiger partial charge in [0.05, 0.1) is 16.0 Å². The Morgan fingerprint density at radius 3 is 2.25 bits per heavy atom. The summed E-state index contributed by atoms with van der Waals surface area (Å²) in [6.45, 7) is -0.113. The summed E-state index contributed by atoms with van der Waals surface area (Å²) in [4.78, 5) is 37.6. The maximum atomic E-state index is 13.2. The molecule has 4 rings (SSSR count). The summed E-state index contributed by atoms with van der Waals surface area (Å²) >= 11 is 7.77. The molecule has 1 fully saturated rings. The molecule has 1 aliphatic rings. The Hall–Kier alpha value is -3.35. The number of halogens is 6. The lowest BCUT2D eigenvalue weighted by molar-refractivity contribution is -0.143. The van der Waals surface area contributed by atoms with Gasteiger partial charge < -0.3 is 10.4 Å². The molecule has 0 saturated carbocycles. The third-order valence-electron chi connectivity index (χ3n) is 5.10. The maximum Gasteiger partial charge on any atom is 0.416 e. The van der Waals surface area contributed by atoms with E-state index < -0.39 is 41.3 Å². The fourth-order valence-corrected chi connectivity index (χ4v) is 6.10. The molecule has 2 N–H and O–H groups in total. The summed E-state index contributed by atoms with van der Waals surface area (Å²) in [5.74, 6) is -2.42. The maximum absolute atomic E-state index is 13.2. The number of aromatic nitrogens is 2. The minimum atomic E-state index is -4.99. The second-order valence-corrected chi connectivity index (χ2v) is 11.5. The van der Waals surface area contributed by atoms with Gasteiger partial charge in [-0.05, 0) is 46.8 Å². The highest BCUT2D eigenvalue weighted by atomic mass is 32.2. The van der Waals surface area contributed by atoms with Crippen molar-refractivity contribution in [3.05, 3.63) is 55.6 Å². The van der Waals surface area contributed by atoms with E-state index in [4.69, 9.17) is 17.3 Å². The van der Waals surface area contributed by atoms with Crippen molar-refractivity contribution in [3.63, 3.8) is 0 Å². The highest BCUT2D eigenvalue weighted by Gasteiger charge is 2.37. The number of rotatable bonds is 7. The van der Waals surface area contributed by atoms with Crippen molar-refractivity contribution < 1.29 is 45.8 Å². The van der Waals surface area contributed by atoms with Crippen LogP contribution in [0.1, 0.15) is 32.2 Å². The number of aromatic carboxylic acids is 1. The Morgan fingerprint density at radius 1 is 1.02 bits per heavy atom. The van der Waals surface area contributed by atoms with Gasteiger partial charge >= 0.3 is 18.3 Å². The molecule has 40 heavy (non-hydrogen) atoms. The number of hydrogen-bond acceptors (Lipinski definition) is 9. The summed E-state index contributed by atoms with van der Waals surface area (Å²) in [6.07, 6.45) is -8.78. The zero-order chi connectivity index (χ0) is 29.4. The molecule has 2 aromatic heterocycles. The number of thiocarbonyl (C=S) groups is 1. The summed E-state index contributed by atoms with van der Waals surface area (Å²) in [7, 11) is 0. The number of anilines is 1. The molecule has 0 spiro atoms. The fraction of sp³-hybridized carbons (Fsp3) is 0.182. The number of nitrogens with zero attached hydrogens (tertiary/aromatic N) is 3. The molecule has 1 saturated heterocycles. The van der Waals surface area contributed by atoms with Gasteiger partial charge in [-0.25, -0.2) is 4.79 Å². The number of hydrogen-bond donors (Lipinski definition) is 2. The first-order valence-electron chi connectivity index (χ1n) is 10.6. The lowest BCUT2D eigenvalue weighted by Crippen LogP contribution is -2.31. The molecule has 0 radical (unpaired) electrons. The second kappa shape index (κ2) is 11.3. The van der Waals surface area contributed by atoms with Crippen LogP contribution in [0.2, 0.25) is 0 Å². The Balaban J connectivity index is 1.46. The molecular formula is C22H12F6N4O4S4. The first-order chi connectivity index (χ1) is 18.6. The number of carbonyl (C=O) groups is 3. The average Bonchev–Trinajstić information content (AvgIpc) is 3.57. The van der Waals surface area contributed by atoms with Crippen LogP contribution in [-0.4, -0.2) is 48.9 Å². The number of carbonyl (C=O) groups excluding carboxylic acids is 2. The predicted molar refractivity (Wildman–Crippen MR) is 140 cm³/mol. The van der Waals surface area contributed by atoms with Crippen molar-refractivity contribution in [2.24, 2.45) is 0 Å². The van der Waals surface area contributed by atoms with Crippen LogP contribution in [0.4, 0.5) is 31.5 Å². The lowest BCUT2D eigenvalue weighted by atomic mass is 10.0. The van der Waals surface area contributed by atoms with Crippen molar-refractivity contribution in [1.82, 2.24) is 15.1 Å². The average molecular weight is 639 g/mol. The van der Waals surface area contributed by atoms with Gasteiger partial charge in [0.15, 0.2) is 0 Å². The van der Waals surface area contributed by atoms with Gasteiger partial charge in [0.1, 0.15) is 4.32 Å². The number of thioether (sulfide) groups is 1. The SMILES string of the molecule is O=C(CCN1C(=O)C(=Cc2cc(-c3cc(C(F)(F)F)cc(C(F)(F)F)c3)cs2)SC1=S)Nc1nnc(C(=O)O)s1. The zero-order valence-electron chi connectivity index (χ0n) is 19.3. The van der Waals surface area contributed by atoms with Gasteiger partial charge in [-0.1, -0.05) is 35.3 Å². The molecule has 8 nitrogen and oxygen atoms in total. The van der Waals surface area contributed by atoms with Gasteiger partial charge in [0.2, 0.25) is 16.0 Å². The Kier molecular flexibility index (Phi) is 8.34. The molecule has 0 aliphatic carbocycles. The monoisotopic (exact) mass is 638 g/mol. The minimum Gasteiger partial charge on any atom is -0.476 e. The Labute approximate surface area is 237 Å². The summed E-state index contributed by atoms with van der Waals surface area (Å²) in [5.41, 5.74) is -3.07. The van der Waals surface area contributed by atoms with Crippen LogP contribution < -0.4 is 5.32 Å². The van der Waals surface area contributed by atoms with E-state index >= 15 is 0 Å². The van der Waals surface area contributed by atoms with Gasteiger partial charge in [0.25, 0.3) is 5.91 Å². The van der Waals surface area contributed by atoms with Gasteiger partial charge in [0, 0.05) is 17.8 Å². The normalized spacial score (nSPS) is 15.2. The van der Waals surface area contributed by atoms with Crippen LogP contribution in [0.15, 0.2) is 34.6 Å². The largest absolute Gasteiger partial charge is 0.476 e. The van der Waals surface area contributed by atoms with Crippen molar-refractivity contribution >= 4 is 80.0 Å². The van der Waals surface area contributed by atoms with E-state index in [-0.39, 0.29) is 49.5 Å². The highest BCUT2D eigenvalue weighted by molar-refractivity contribution is 8.26. The van der Waals surface area contributed by atoms with Gasteiger partial charge in [-0.15, -0.1) is 21.5 Å². The van der Waals surface area contributed by atoms with E-state index in [1.54, 1.807) is 0 Å². The van der Waals surface area contributed by atoms with E-state index in [9.17, 15) is 40.7 Å². The number of carboxylic acid groups (broad SMARTS) is 1. The standard InChI is InChI=1S/C22H12F6N4O4S4/c23-21(24,25)11-3-9(4-12(6-11)22(26,27)28)10-5-13(38-8-10)7-14-17(34)32(20(37)39-14)2-1-15(33)29-19-31-30-16(40-19)18(35)36/h3-8H,1-2H2,(H,35,36)(H,29,31,33). The van der Waals surface area contributed by atoms with Crippen molar-refractivity contribution in [3.8, 4) is 11.1 Å². The van der Waals surface area contributed by atoms with E-state index in [2.05, 4.69) is 15.5 Å². The summed E-state index contributed by atoms with van der Waals surface area (Å²) in [6, 6.07) is 2.64. The van der Waals surface area contributed by atoms with Gasteiger partial charge in [-0.3, -0.25) is 14.5 Å². The molecule has 1 aliphatic heterocycles. The van der Waals surface area contributed by atoms with E-state index in [1.165, 1.54) is 17.5 Å². The van der Waals surface area contributed by atoms with Crippen LogP contribution in [0, 0.1) is 0 Å². The van der Waals surface area contributed by atoms with Crippen molar-refractivity contribution in [2.75, 3.05) is 11.9 Å². The van der Waals surface area contributed by atoms with Crippen LogP contribution in [-0.2, 0) is 21.9 Å². The number of benzene rings is 1. The molecular weight excluding hydrogens is 627 g/mol. The molecule has 3 heterocycles. The number of carboxylic acids is 1. The number of alkyl halides is 6. The van der Waals surface area contributed by atoms with E-state index in [1.807, 2.05) is 0 Å². The summed E-state index contributed by atoms with van der Waals surface area (Å²) < 4.78 is 79.4. The Morgan fingerprint density at radius 2 is 1.68 bits per heavy atom. The van der Waals surface area contributed by atoms with E-state index in [0.29, 0.717) is 28.3 Å². The molecule has 210 valence electrons. The minimum absolute atomic E-state index is 0.0377. The molecule has 1 aromatic carbocycles. The third kappa shape index (κ3) is 6.86. The molecule has 18 heteroatoms. The second-order valence-electron chi connectivity index (χ2n) is 7.88. The Bertz CT molecular complexity index is 1510. The molecule has 0 bridgehead atoms. The van der Waals surface area contributed by atoms with Crippen LogP contribution in [0.5, 0.6) is 0 Å². The van der Waals surface area contributed by atoms with Crippen LogP contribution >= 0.6 is 46.7 Å². The zero-order valence-corrected chi connectivity index (χ0v) is 22.6. The first kappa shape index (κ1) is 29.6. The van der Waals surface area contributed by atoms with Gasteiger partial charge in [-0.2, -0.15) is 26.3 Å². The topological polar surface area (TPSA) is 112 Å². The highest BCUT2D eigenvalue weighted by Crippen LogP contribution is 2.40. The lowest BCUT2D eigenvalue weighted by Gasteiger charge is -2.13. The summed E-state index contributed by atoms with van der Waals surface area (Å²) in [5, 5.41) is 19.2. The molecule has 2 amide bonds. The van der Waals surface area contributed by atoms with E-state index in [0.717, 1.165) is 28.0 Å².